The van der Waals surface area contributed by atoms with E-state index in [1.54, 1.807) is 16.2 Å². The number of amidine groups is 1. The summed E-state index contributed by atoms with van der Waals surface area (Å²) >= 11 is 2.87. The first-order valence-electron chi connectivity index (χ1n) is 9.12. The van der Waals surface area contributed by atoms with Crippen molar-refractivity contribution in [2.75, 3.05) is 12.3 Å². The molecule has 1 aliphatic rings. The molecule has 2 aromatic rings. The molecule has 1 aliphatic heterocycles. The monoisotopic (exact) mass is 413 g/mol. The summed E-state index contributed by atoms with van der Waals surface area (Å²) in [5.74, 6) is 0.348. The average molecular weight is 414 g/mol. The highest BCUT2D eigenvalue weighted by Crippen LogP contribution is 2.26. The van der Waals surface area contributed by atoms with Gasteiger partial charge in [0.25, 0.3) is 5.91 Å². The normalized spacial score (nSPS) is 15.4. The molecule has 1 N–H and O–H groups in total. The van der Waals surface area contributed by atoms with Gasteiger partial charge in [-0.25, -0.2) is 4.99 Å². The number of benzene rings is 1. The number of aliphatic imine (C=N–C) groups is 1. The van der Waals surface area contributed by atoms with E-state index in [9.17, 15) is 9.59 Å². The van der Waals surface area contributed by atoms with Crippen molar-refractivity contribution in [3.63, 3.8) is 0 Å². The number of carbonyl (C=O) groups is 2. The van der Waals surface area contributed by atoms with Gasteiger partial charge in [0.2, 0.25) is 5.91 Å². The van der Waals surface area contributed by atoms with Crippen LogP contribution in [-0.2, 0) is 16.1 Å². The Morgan fingerprint density at radius 1 is 1.25 bits per heavy atom. The van der Waals surface area contributed by atoms with Crippen molar-refractivity contribution < 1.29 is 9.59 Å². The molecule has 146 valence electrons. The fourth-order valence-electron chi connectivity index (χ4n) is 2.65. The summed E-state index contributed by atoms with van der Waals surface area (Å²) in [5, 5.41) is 5.47. The number of nitrogens with one attached hydrogen (secondary N) is 1. The van der Waals surface area contributed by atoms with Gasteiger partial charge in [-0.05, 0) is 29.0 Å². The molecule has 28 heavy (non-hydrogen) atoms. The molecular formula is C21H23N3O2S2. The van der Waals surface area contributed by atoms with Gasteiger partial charge in [0.1, 0.15) is 5.70 Å². The van der Waals surface area contributed by atoms with Crippen LogP contribution >= 0.6 is 23.1 Å². The van der Waals surface area contributed by atoms with E-state index in [4.69, 9.17) is 0 Å². The molecule has 0 bridgehead atoms. The summed E-state index contributed by atoms with van der Waals surface area (Å²) in [5.41, 5.74) is 1.48. The Kier molecular flexibility index (Phi) is 7.06. The summed E-state index contributed by atoms with van der Waals surface area (Å²) < 4.78 is 0. The maximum atomic E-state index is 12.8. The molecule has 2 amide bonds. The molecule has 1 aromatic carbocycles. The zero-order valence-corrected chi connectivity index (χ0v) is 17.6. The highest BCUT2D eigenvalue weighted by Gasteiger charge is 2.31. The summed E-state index contributed by atoms with van der Waals surface area (Å²) in [4.78, 5) is 32.2. The lowest BCUT2D eigenvalue weighted by molar-refractivity contribution is -0.123. The van der Waals surface area contributed by atoms with Crippen LogP contribution in [-0.4, -0.2) is 34.2 Å². The van der Waals surface area contributed by atoms with Crippen molar-refractivity contribution in [1.29, 1.82) is 0 Å². The van der Waals surface area contributed by atoms with E-state index in [-0.39, 0.29) is 17.6 Å². The second-order valence-electron chi connectivity index (χ2n) is 6.80. The van der Waals surface area contributed by atoms with Gasteiger partial charge in [-0.2, -0.15) is 0 Å². The molecule has 5 nitrogen and oxygen atoms in total. The minimum atomic E-state index is -0.103. The molecule has 0 radical (unpaired) electrons. The Morgan fingerprint density at radius 2 is 2.04 bits per heavy atom. The van der Waals surface area contributed by atoms with Gasteiger partial charge in [0.15, 0.2) is 5.17 Å². The van der Waals surface area contributed by atoms with Crippen molar-refractivity contribution >= 4 is 46.2 Å². The first kappa shape index (κ1) is 20.4. The summed E-state index contributed by atoms with van der Waals surface area (Å²) in [6, 6.07) is 13.7. The van der Waals surface area contributed by atoms with Crippen molar-refractivity contribution in [2.24, 2.45) is 10.9 Å². The highest BCUT2D eigenvalue weighted by molar-refractivity contribution is 8.14. The van der Waals surface area contributed by atoms with E-state index in [2.05, 4.69) is 24.2 Å². The van der Waals surface area contributed by atoms with Crippen LogP contribution in [0.1, 0.15) is 24.3 Å². The van der Waals surface area contributed by atoms with E-state index in [0.29, 0.717) is 29.9 Å². The van der Waals surface area contributed by atoms with E-state index in [0.717, 1.165) is 10.4 Å². The molecule has 0 aliphatic carbocycles. The fourth-order valence-corrected chi connectivity index (χ4v) is 4.14. The summed E-state index contributed by atoms with van der Waals surface area (Å²) in [6.07, 6.45) is 1.81. The third kappa shape index (κ3) is 5.56. The van der Waals surface area contributed by atoms with Crippen LogP contribution in [0.4, 0.5) is 0 Å². The SMILES string of the molecule is CC(C)CN1C(=O)C(=Cc2cccs2)N=C1SCC(=O)NCc1ccccc1. The topological polar surface area (TPSA) is 61.8 Å². The van der Waals surface area contributed by atoms with Crippen LogP contribution in [0, 0.1) is 5.92 Å². The molecule has 1 aromatic heterocycles. The second-order valence-corrected chi connectivity index (χ2v) is 8.72. The van der Waals surface area contributed by atoms with Gasteiger partial charge in [-0.15, -0.1) is 11.3 Å². The number of rotatable bonds is 7. The maximum Gasteiger partial charge on any atom is 0.278 e. The molecule has 2 heterocycles. The number of nitrogens with zero attached hydrogens (tertiary/aromatic N) is 2. The largest absolute Gasteiger partial charge is 0.351 e. The van der Waals surface area contributed by atoms with Crippen molar-refractivity contribution in [1.82, 2.24) is 10.2 Å². The minimum Gasteiger partial charge on any atom is -0.351 e. The smallest absolute Gasteiger partial charge is 0.278 e. The lowest BCUT2D eigenvalue weighted by atomic mass is 10.2. The molecule has 0 unspecified atom stereocenters. The Labute approximate surface area is 173 Å². The second kappa shape index (κ2) is 9.71. The number of amides is 2. The number of hydrogen-bond donors (Lipinski definition) is 1. The standard InChI is InChI=1S/C21H23N3O2S2/c1-15(2)13-24-20(26)18(11-17-9-6-10-27-17)23-21(24)28-14-19(25)22-12-16-7-4-3-5-8-16/h3-11,15H,12-14H2,1-2H3,(H,22,25). The van der Waals surface area contributed by atoms with Crippen LogP contribution in [0.3, 0.4) is 0 Å². The quantitative estimate of drug-likeness (QED) is 0.698. The van der Waals surface area contributed by atoms with Crippen molar-refractivity contribution in [3.05, 3.63) is 64.0 Å². The van der Waals surface area contributed by atoms with Crippen LogP contribution in [0.2, 0.25) is 0 Å². The van der Waals surface area contributed by atoms with Crippen LogP contribution in [0.5, 0.6) is 0 Å². The van der Waals surface area contributed by atoms with Gasteiger partial charge in [-0.3, -0.25) is 14.5 Å². The lowest BCUT2D eigenvalue weighted by Crippen LogP contribution is -2.35. The number of thioether (sulfide) groups is 1. The van der Waals surface area contributed by atoms with Gasteiger partial charge in [-0.1, -0.05) is 62.0 Å². The Hall–Kier alpha value is -2.38. The van der Waals surface area contributed by atoms with Crippen LogP contribution in [0.25, 0.3) is 6.08 Å². The van der Waals surface area contributed by atoms with Crippen molar-refractivity contribution in [2.45, 2.75) is 20.4 Å². The summed E-state index contributed by atoms with van der Waals surface area (Å²) in [7, 11) is 0. The zero-order valence-electron chi connectivity index (χ0n) is 15.9. The molecule has 0 saturated carbocycles. The fraction of sp³-hybridized carbons (Fsp3) is 0.286. The predicted molar refractivity (Wildman–Crippen MR) is 117 cm³/mol. The first-order valence-corrected chi connectivity index (χ1v) is 11.0. The minimum absolute atomic E-state index is 0.0795. The van der Waals surface area contributed by atoms with Crippen LogP contribution < -0.4 is 5.32 Å². The van der Waals surface area contributed by atoms with E-state index in [1.807, 2.05) is 53.9 Å². The lowest BCUT2D eigenvalue weighted by Gasteiger charge is -2.19. The van der Waals surface area contributed by atoms with E-state index >= 15 is 0 Å². The summed E-state index contributed by atoms with van der Waals surface area (Å²) in [6.45, 7) is 5.19. The third-order valence-electron chi connectivity index (χ3n) is 3.95. The first-order chi connectivity index (χ1) is 13.5. The molecule has 0 saturated heterocycles. The third-order valence-corrected chi connectivity index (χ3v) is 5.74. The van der Waals surface area contributed by atoms with Gasteiger partial charge in [0, 0.05) is 18.0 Å². The number of thiophene rings is 1. The highest BCUT2D eigenvalue weighted by atomic mass is 32.2. The average Bonchev–Trinajstić information content (AvgIpc) is 3.29. The molecular weight excluding hydrogens is 390 g/mol. The molecule has 3 rings (SSSR count). The molecule has 7 heteroatoms. The molecule has 0 spiro atoms. The van der Waals surface area contributed by atoms with Gasteiger partial charge in [0.05, 0.1) is 5.75 Å². The van der Waals surface area contributed by atoms with E-state index in [1.165, 1.54) is 11.8 Å². The Balaban J connectivity index is 1.63. The van der Waals surface area contributed by atoms with E-state index < -0.39 is 0 Å². The molecule has 0 atom stereocenters. The molecule has 0 fully saturated rings. The Bertz CT molecular complexity index is 874. The number of hydrogen-bond acceptors (Lipinski definition) is 5. The zero-order chi connectivity index (χ0) is 19.9. The van der Waals surface area contributed by atoms with Crippen molar-refractivity contribution in [3.8, 4) is 0 Å². The van der Waals surface area contributed by atoms with Gasteiger partial charge < -0.3 is 5.32 Å². The predicted octanol–water partition coefficient (Wildman–Crippen LogP) is 3.99. The van der Waals surface area contributed by atoms with Crippen LogP contribution in [0.15, 0.2) is 58.5 Å². The van der Waals surface area contributed by atoms with Gasteiger partial charge >= 0.3 is 0 Å². The maximum absolute atomic E-state index is 12.8. The Morgan fingerprint density at radius 3 is 2.71 bits per heavy atom. The number of carbonyl (C=O) groups excluding carboxylic acids is 2.